The number of guanidine groups is 1. The number of nitrogens with zero attached hydrogens (tertiary/aromatic N) is 4. The molecule has 0 saturated heterocycles. The number of thiophene rings is 1. The third-order valence-corrected chi connectivity index (χ3v) is 6.86. The maximum absolute atomic E-state index is 4.87. The fourth-order valence-electron chi connectivity index (χ4n) is 4.52. The van der Waals surface area contributed by atoms with Crippen molar-refractivity contribution in [2.45, 2.75) is 58.0 Å². The van der Waals surface area contributed by atoms with Gasteiger partial charge in [-0.15, -0.1) is 21.5 Å². The van der Waals surface area contributed by atoms with Gasteiger partial charge in [-0.3, -0.25) is 4.99 Å². The highest BCUT2D eigenvalue weighted by Gasteiger charge is 2.39. The van der Waals surface area contributed by atoms with E-state index in [9.17, 15) is 0 Å². The summed E-state index contributed by atoms with van der Waals surface area (Å²) < 4.78 is 2.12. The van der Waals surface area contributed by atoms with Crippen molar-refractivity contribution in [3.63, 3.8) is 0 Å². The van der Waals surface area contributed by atoms with Crippen LogP contribution in [0.25, 0.3) is 0 Å². The van der Waals surface area contributed by atoms with Crippen molar-refractivity contribution in [2.24, 2.45) is 16.8 Å². The summed E-state index contributed by atoms with van der Waals surface area (Å²) in [4.78, 5) is 6.27. The Bertz CT molecular complexity index is 738. The Morgan fingerprint density at radius 3 is 3.07 bits per heavy atom. The molecule has 2 heterocycles. The molecule has 3 atom stereocenters. The third-order valence-electron chi connectivity index (χ3n) is 5.93. The zero-order valence-corrected chi connectivity index (χ0v) is 16.9. The molecule has 2 aliphatic carbocycles. The first-order chi connectivity index (χ1) is 13.3. The summed E-state index contributed by atoms with van der Waals surface area (Å²) in [7, 11) is 0. The molecule has 2 aromatic heterocycles. The van der Waals surface area contributed by atoms with E-state index in [1.165, 1.54) is 30.6 Å². The standard InChI is InChI=1S/C20H30N6S/c1-2-19-25-23-14-26(19)10-9-22-20(21-8-7-17-4-3-11-27-17)24-18-13-15-5-6-16(18)12-15/h3-4,11,14-16,18H,2,5-10,12-13H2,1H3,(H2,21,22,24). The average Bonchev–Trinajstić information content (AvgIpc) is 3.46. The van der Waals surface area contributed by atoms with Gasteiger partial charge in [0.25, 0.3) is 0 Å². The van der Waals surface area contributed by atoms with Crippen molar-refractivity contribution < 1.29 is 0 Å². The van der Waals surface area contributed by atoms with Gasteiger partial charge in [-0.1, -0.05) is 19.4 Å². The van der Waals surface area contributed by atoms with E-state index in [-0.39, 0.29) is 0 Å². The maximum Gasteiger partial charge on any atom is 0.191 e. The van der Waals surface area contributed by atoms with E-state index in [0.29, 0.717) is 6.04 Å². The van der Waals surface area contributed by atoms with Gasteiger partial charge in [0.05, 0.1) is 0 Å². The van der Waals surface area contributed by atoms with Crippen LogP contribution < -0.4 is 10.6 Å². The predicted molar refractivity (Wildman–Crippen MR) is 110 cm³/mol. The zero-order valence-electron chi connectivity index (χ0n) is 16.1. The number of aryl methyl sites for hydroxylation is 1. The van der Waals surface area contributed by atoms with Gasteiger partial charge >= 0.3 is 0 Å². The number of aliphatic imine (C=N–C) groups is 1. The minimum atomic E-state index is 0.595. The summed E-state index contributed by atoms with van der Waals surface area (Å²) in [6, 6.07) is 4.90. The SMILES string of the molecule is CCc1nncn1CCNC(=NCCc1cccs1)NC1CC2CCC1C2. The second-order valence-electron chi connectivity index (χ2n) is 7.71. The molecule has 2 saturated carbocycles. The molecule has 2 aliphatic rings. The van der Waals surface area contributed by atoms with Crippen LogP contribution in [0.5, 0.6) is 0 Å². The molecular weight excluding hydrogens is 356 g/mol. The van der Waals surface area contributed by atoms with Crippen molar-refractivity contribution >= 4 is 17.3 Å². The number of nitrogens with one attached hydrogen (secondary N) is 2. The van der Waals surface area contributed by atoms with Crippen LogP contribution in [0, 0.1) is 11.8 Å². The van der Waals surface area contributed by atoms with Crippen molar-refractivity contribution in [3.05, 3.63) is 34.5 Å². The van der Waals surface area contributed by atoms with E-state index in [1.54, 1.807) is 0 Å². The van der Waals surface area contributed by atoms with Gasteiger partial charge in [0, 0.05) is 43.4 Å². The van der Waals surface area contributed by atoms with Gasteiger partial charge in [0.1, 0.15) is 12.2 Å². The lowest BCUT2D eigenvalue weighted by Crippen LogP contribution is -2.46. The van der Waals surface area contributed by atoms with Crippen LogP contribution in [0.4, 0.5) is 0 Å². The number of hydrogen-bond acceptors (Lipinski definition) is 4. The van der Waals surface area contributed by atoms with E-state index in [2.05, 4.69) is 49.8 Å². The Morgan fingerprint density at radius 2 is 2.33 bits per heavy atom. The summed E-state index contributed by atoms with van der Waals surface area (Å²) in [6.07, 6.45) is 9.25. The smallest absolute Gasteiger partial charge is 0.191 e. The van der Waals surface area contributed by atoms with Crippen LogP contribution in [0.1, 0.15) is 43.3 Å². The van der Waals surface area contributed by atoms with Crippen molar-refractivity contribution in [3.8, 4) is 0 Å². The lowest BCUT2D eigenvalue weighted by Gasteiger charge is -2.25. The van der Waals surface area contributed by atoms with E-state index in [4.69, 9.17) is 4.99 Å². The normalized spacial score (nSPS) is 24.5. The lowest BCUT2D eigenvalue weighted by molar-refractivity contribution is 0.387. The van der Waals surface area contributed by atoms with E-state index >= 15 is 0 Å². The Hall–Kier alpha value is -1.89. The van der Waals surface area contributed by atoms with Crippen LogP contribution in [0.3, 0.4) is 0 Å². The largest absolute Gasteiger partial charge is 0.355 e. The number of hydrogen-bond donors (Lipinski definition) is 2. The van der Waals surface area contributed by atoms with Crippen LogP contribution in [-0.2, 0) is 19.4 Å². The summed E-state index contributed by atoms with van der Waals surface area (Å²) in [5.74, 6) is 3.78. The zero-order chi connectivity index (χ0) is 18.5. The fraction of sp³-hybridized carbons (Fsp3) is 0.650. The minimum Gasteiger partial charge on any atom is -0.355 e. The number of fused-ring (bicyclic) bond motifs is 2. The third kappa shape index (κ3) is 4.69. The molecule has 2 aromatic rings. The number of rotatable bonds is 8. The van der Waals surface area contributed by atoms with E-state index in [0.717, 1.165) is 56.1 Å². The maximum atomic E-state index is 4.87. The van der Waals surface area contributed by atoms with Gasteiger partial charge in [0.15, 0.2) is 5.96 Å². The Kier molecular flexibility index (Phi) is 6.07. The quantitative estimate of drug-likeness (QED) is 0.541. The molecule has 146 valence electrons. The van der Waals surface area contributed by atoms with Gasteiger partial charge < -0.3 is 15.2 Å². The molecule has 4 rings (SSSR count). The molecule has 2 bridgehead atoms. The summed E-state index contributed by atoms with van der Waals surface area (Å²) in [5.41, 5.74) is 0. The van der Waals surface area contributed by atoms with Gasteiger partial charge in [-0.2, -0.15) is 0 Å². The van der Waals surface area contributed by atoms with Crippen molar-refractivity contribution in [1.82, 2.24) is 25.4 Å². The predicted octanol–water partition coefficient (Wildman–Crippen LogP) is 2.87. The highest BCUT2D eigenvalue weighted by molar-refractivity contribution is 7.09. The molecule has 0 spiro atoms. The molecule has 7 heteroatoms. The fourth-order valence-corrected chi connectivity index (χ4v) is 5.21. The number of aromatic nitrogens is 3. The molecule has 2 N–H and O–H groups in total. The van der Waals surface area contributed by atoms with Gasteiger partial charge in [0.2, 0.25) is 0 Å². The monoisotopic (exact) mass is 386 g/mol. The first kappa shape index (κ1) is 18.5. The van der Waals surface area contributed by atoms with Crippen molar-refractivity contribution in [1.29, 1.82) is 0 Å². The summed E-state index contributed by atoms with van der Waals surface area (Å²) in [5, 5.41) is 17.6. The molecule has 0 aliphatic heterocycles. The Balaban J connectivity index is 1.33. The molecular formula is C20H30N6S. The second-order valence-corrected chi connectivity index (χ2v) is 8.74. The van der Waals surface area contributed by atoms with Crippen LogP contribution in [-0.4, -0.2) is 39.9 Å². The first-order valence-electron chi connectivity index (χ1n) is 10.3. The molecule has 2 fully saturated rings. The summed E-state index contributed by atoms with van der Waals surface area (Å²) >= 11 is 1.81. The Morgan fingerprint density at radius 1 is 1.37 bits per heavy atom. The summed E-state index contributed by atoms with van der Waals surface area (Å²) in [6.45, 7) is 4.63. The first-order valence-corrected chi connectivity index (χ1v) is 11.1. The lowest BCUT2D eigenvalue weighted by atomic mass is 9.95. The van der Waals surface area contributed by atoms with E-state index in [1.807, 2.05) is 17.7 Å². The van der Waals surface area contributed by atoms with Crippen LogP contribution in [0.2, 0.25) is 0 Å². The van der Waals surface area contributed by atoms with Crippen LogP contribution in [0.15, 0.2) is 28.8 Å². The molecule has 0 aromatic carbocycles. The molecule has 3 unspecified atom stereocenters. The topological polar surface area (TPSA) is 67.1 Å². The highest BCUT2D eigenvalue weighted by atomic mass is 32.1. The molecule has 6 nitrogen and oxygen atoms in total. The van der Waals surface area contributed by atoms with Gasteiger partial charge in [-0.25, -0.2) is 0 Å². The van der Waals surface area contributed by atoms with E-state index < -0.39 is 0 Å². The minimum absolute atomic E-state index is 0.595. The second kappa shape index (κ2) is 8.87. The van der Waals surface area contributed by atoms with Crippen molar-refractivity contribution in [2.75, 3.05) is 13.1 Å². The molecule has 27 heavy (non-hydrogen) atoms. The van der Waals surface area contributed by atoms with Crippen LogP contribution >= 0.6 is 11.3 Å². The Labute approximate surface area is 165 Å². The average molecular weight is 387 g/mol. The molecule has 0 radical (unpaired) electrons. The van der Waals surface area contributed by atoms with Gasteiger partial charge in [-0.05, 0) is 42.5 Å². The highest BCUT2D eigenvalue weighted by Crippen LogP contribution is 2.44. The molecule has 0 amide bonds.